The van der Waals surface area contributed by atoms with Gasteiger partial charge in [0, 0.05) is 12.6 Å². The zero-order chi connectivity index (χ0) is 13.1. The molecule has 0 bridgehead atoms. The van der Waals surface area contributed by atoms with Crippen LogP contribution < -0.4 is 4.90 Å². The fraction of sp³-hybridized carbons (Fsp3) is 0.571. The Kier molecular flexibility index (Phi) is 4.19. The fourth-order valence-electron chi connectivity index (χ4n) is 2.32. The van der Waals surface area contributed by atoms with Crippen molar-refractivity contribution < 1.29 is 14.6 Å². The molecule has 1 saturated carbocycles. The van der Waals surface area contributed by atoms with Gasteiger partial charge in [-0.15, -0.1) is 0 Å². The fourth-order valence-corrected chi connectivity index (χ4v) is 2.32. The molecule has 0 saturated heterocycles. The maximum absolute atomic E-state index is 14.1. The number of aliphatic hydroxyl groups is 2. The van der Waals surface area contributed by atoms with E-state index in [4.69, 9.17) is 5.11 Å². The highest BCUT2D eigenvalue weighted by molar-refractivity contribution is 5.50. The molecule has 100 valence electrons. The summed E-state index contributed by atoms with van der Waals surface area (Å²) >= 11 is 0. The van der Waals surface area contributed by atoms with Gasteiger partial charge in [0.15, 0.2) is 0 Å². The topological polar surface area (TPSA) is 43.7 Å². The van der Waals surface area contributed by atoms with Crippen LogP contribution in [-0.2, 0) is 0 Å². The van der Waals surface area contributed by atoms with Crippen LogP contribution in [0.2, 0.25) is 0 Å². The number of halogens is 1. The molecule has 4 heteroatoms. The molecule has 0 heterocycles. The Morgan fingerprint density at radius 2 is 2.17 bits per heavy atom. The van der Waals surface area contributed by atoms with Crippen molar-refractivity contribution in [2.24, 2.45) is 0 Å². The Morgan fingerprint density at radius 3 is 2.61 bits per heavy atom. The molecular formula is C14H20FNO2. The first-order chi connectivity index (χ1) is 8.63. The van der Waals surface area contributed by atoms with E-state index in [1.54, 1.807) is 19.1 Å². The molecule has 0 amide bonds. The van der Waals surface area contributed by atoms with E-state index in [0.29, 0.717) is 23.8 Å². The minimum absolute atomic E-state index is 0.0219. The van der Waals surface area contributed by atoms with Crippen LogP contribution in [0.25, 0.3) is 0 Å². The van der Waals surface area contributed by atoms with E-state index in [1.807, 2.05) is 4.90 Å². The first-order valence-electron chi connectivity index (χ1n) is 6.48. The molecule has 18 heavy (non-hydrogen) atoms. The average molecular weight is 253 g/mol. The van der Waals surface area contributed by atoms with Crippen LogP contribution in [0.15, 0.2) is 18.2 Å². The van der Waals surface area contributed by atoms with Gasteiger partial charge in [-0.2, -0.15) is 0 Å². The highest BCUT2D eigenvalue weighted by atomic mass is 19.1. The van der Waals surface area contributed by atoms with Crippen LogP contribution in [-0.4, -0.2) is 29.4 Å². The molecule has 1 aromatic rings. The molecule has 1 fully saturated rings. The van der Waals surface area contributed by atoms with Crippen LogP contribution in [0.1, 0.15) is 37.9 Å². The van der Waals surface area contributed by atoms with Gasteiger partial charge in [0.2, 0.25) is 0 Å². The molecule has 1 atom stereocenters. The Bertz CT molecular complexity index is 405. The average Bonchev–Trinajstić information content (AvgIpc) is 2.26. The number of rotatable bonds is 5. The van der Waals surface area contributed by atoms with Gasteiger partial charge in [0.05, 0.1) is 18.4 Å². The molecule has 2 rings (SSSR count). The summed E-state index contributed by atoms with van der Waals surface area (Å²) in [4.78, 5) is 1.94. The van der Waals surface area contributed by atoms with Crippen molar-refractivity contribution in [1.29, 1.82) is 0 Å². The summed E-state index contributed by atoms with van der Waals surface area (Å²) in [6.45, 7) is 2.09. The van der Waals surface area contributed by atoms with Gasteiger partial charge in [0.25, 0.3) is 0 Å². The Labute approximate surface area is 107 Å². The van der Waals surface area contributed by atoms with E-state index in [9.17, 15) is 9.50 Å². The monoisotopic (exact) mass is 253 g/mol. The third-order valence-electron chi connectivity index (χ3n) is 3.62. The summed E-state index contributed by atoms with van der Waals surface area (Å²) in [5, 5.41) is 18.5. The summed E-state index contributed by atoms with van der Waals surface area (Å²) in [5.74, 6) is -0.325. The maximum Gasteiger partial charge on any atom is 0.146 e. The summed E-state index contributed by atoms with van der Waals surface area (Å²) in [5.41, 5.74) is 1.10. The van der Waals surface area contributed by atoms with E-state index in [0.717, 1.165) is 12.8 Å². The molecule has 2 N–H and O–H groups in total. The van der Waals surface area contributed by atoms with Gasteiger partial charge in [-0.1, -0.05) is 6.07 Å². The molecule has 0 radical (unpaired) electrons. The van der Waals surface area contributed by atoms with Crippen LogP contribution in [0, 0.1) is 5.82 Å². The van der Waals surface area contributed by atoms with Gasteiger partial charge in [0.1, 0.15) is 5.82 Å². The van der Waals surface area contributed by atoms with E-state index in [1.165, 1.54) is 12.5 Å². The van der Waals surface area contributed by atoms with Crippen LogP contribution in [0.3, 0.4) is 0 Å². The number of aliphatic hydroxyl groups excluding tert-OH is 2. The van der Waals surface area contributed by atoms with E-state index < -0.39 is 6.10 Å². The lowest BCUT2D eigenvalue weighted by Gasteiger charge is -2.39. The molecule has 0 unspecified atom stereocenters. The smallest absolute Gasteiger partial charge is 0.146 e. The van der Waals surface area contributed by atoms with E-state index >= 15 is 0 Å². The second kappa shape index (κ2) is 5.67. The van der Waals surface area contributed by atoms with Gasteiger partial charge in [-0.25, -0.2) is 4.39 Å². The van der Waals surface area contributed by atoms with Crippen molar-refractivity contribution in [2.75, 3.05) is 18.1 Å². The van der Waals surface area contributed by atoms with Crippen molar-refractivity contribution in [3.63, 3.8) is 0 Å². The molecule has 1 aliphatic carbocycles. The SMILES string of the molecule is C[C@H](O)c1ccc(N(CCO)C2CCC2)c(F)c1. The van der Waals surface area contributed by atoms with Crippen molar-refractivity contribution >= 4 is 5.69 Å². The number of benzene rings is 1. The molecule has 0 spiro atoms. The van der Waals surface area contributed by atoms with Gasteiger partial charge in [-0.05, 0) is 43.9 Å². The first kappa shape index (κ1) is 13.3. The Morgan fingerprint density at radius 1 is 1.44 bits per heavy atom. The minimum atomic E-state index is -0.663. The predicted octanol–water partition coefficient (Wildman–Crippen LogP) is 2.23. The number of anilines is 1. The van der Waals surface area contributed by atoms with Gasteiger partial charge >= 0.3 is 0 Å². The lowest BCUT2D eigenvalue weighted by molar-refractivity contribution is 0.199. The molecule has 0 aromatic heterocycles. The van der Waals surface area contributed by atoms with Crippen LogP contribution in [0.5, 0.6) is 0 Å². The largest absolute Gasteiger partial charge is 0.395 e. The maximum atomic E-state index is 14.1. The van der Waals surface area contributed by atoms with Crippen molar-refractivity contribution in [1.82, 2.24) is 0 Å². The molecule has 1 aliphatic rings. The summed E-state index contributed by atoms with van der Waals surface area (Å²) in [7, 11) is 0. The van der Waals surface area contributed by atoms with Crippen molar-refractivity contribution in [3.05, 3.63) is 29.6 Å². The second-order valence-electron chi connectivity index (χ2n) is 4.89. The van der Waals surface area contributed by atoms with Crippen molar-refractivity contribution in [3.8, 4) is 0 Å². The van der Waals surface area contributed by atoms with Gasteiger partial charge in [-0.3, -0.25) is 0 Å². The Balaban J connectivity index is 2.23. The highest BCUT2D eigenvalue weighted by Crippen LogP contribution is 2.31. The summed E-state index contributed by atoms with van der Waals surface area (Å²) in [6, 6.07) is 5.16. The summed E-state index contributed by atoms with van der Waals surface area (Å²) in [6.07, 6.45) is 2.61. The number of hydrogen-bond donors (Lipinski definition) is 2. The second-order valence-corrected chi connectivity index (χ2v) is 4.89. The summed E-state index contributed by atoms with van der Waals surface area (Å²) < 4.78 is 14.1. The number of hydrogen-bond acceptors (Lipinski definition) is 3. The van der Waals surface area contributed by atoms with Crippen molar-refractivity contribution in [2.45, 2.75) is 38.3 Å². The molecular weight excluding hydrogens is 233 g/mol. The minimum Gasteiger partial charge on any atom is -0.395 e. The standard InChI is InChI=1S/C14H20FNO2/c1-10(18)11-5-6-14(13(15)9-11)16(7-8-17)12-3-2-4-12/h5-6,9-10,12,17-18H,2-4,7-8H2,1H3/t10-/m0/s1. The zero-order valence-corrected chi connectivity index (χ0v) is 10.6. The highest BCUT2D eigenvalue weighted by Gasteiger charge is 2.26. The van der Waals surface area contributed by atoms with Gasteiger partial charge < -0.3 is 15.1 Å². The predicted molar refractivity (Wildman–Crippen MR) is 69.1 cm³/mol. The lowest BCUT2D eigenvalue weighted by atomic mass is 9.91. The quantitative estimate of drug-likeness (QED) is 0.845. The van der Waals surface area contributed by atoms with E-state index in [2.05, 4.69) is 0 Å². The normalized spacial score (nSPS) is 17.3. The van der Waals surface area contributed by atoms with E-state index in [-0.39, 0.29) is 12.4 Å². The third-order valence-corrected chi connectivity index (χ3v) is 3.62. The van der Waals surface area contributed by atoms with Crippen LogP contribution in [0.4, 0.5) is 10.1 Å². The molecule has 0 aliphatic heterocycles. The lowest BCUT2D eigenvalue weighted by Crippen LogP contribution is -2.42. The van der Waals surface area contributed by atoms with Crippen LogP contribution >= 0.6 is 0 Å². The Hall–Kier alpha value is -1.13. The third kappa shape index (κ3) is 2.65. The first-order valence-corrected chi connectivity index (χ1v) is 6.48. The zero-order valence-electron chi connectivity index (χ0n) is 10.6. The number of nitrogens with zero attached hydrogens (tertiary/aromatic N) is 1. The molecule has 3 nitrogen and oxygen atoms in total. The molecule has 1 aromatic carbocycles.